The van der Waals surface area contributed by atoms with Crippen molar-refractivity contribution in [3.05, 3.63) is 33.3 Å². The second-order valence-electron chi connectivity index (χ2n) is 4.78. The average Bonchev–Trinajstić information content (AvgIpc) is 2.82. The number of carbonyl (C=O) groups is 1. The number of nitrogens with zero attached hydrogens (tertiary/aromatic N) is 1. The van der Waals surface area contributed by atoms with Crippen molar-refractivity contribution in [2.45, 2.75) is 31.7 Å². The average molecular weight is 410 g/mol. The van der Waals surface area contributed by atoms with E-state index in [1.54, 1.807) is 12.1 Å². The van der Waals surface area contributed by atoms with Crippen LogP contribution in [0.5, 0.6) is 0 Å². The fourth-order valence-corrected chi connectivity index (χ4v) is 3.74. The molecule has 1 unspecified atom stereocenters. The Kier molecular flexibility index (Phi) is 5.72. The van der Waals surface area contributed by atoms with Gasteiger partial charge in [0, 0.05) is 33.0 Å². The van der Waals surface area contributed by atoms with Crippen LogP contribution in [0.15, 0.2) is 22.7 Å². The monoisotopic (exact) mass is 407 g/mol. The van der Waals surface area contributed by atoms with Crippen molar-refractivity contribution in [3.63, 3.8) is 0 Å². The van der Waals surface area contributed by atoms with Gasteiger partial charge in [-0.2, -0.15) is 0 Å². The van der Waals surface area contributed by atoms with E-state index in [0.29, 0.717) is 16.6 Å². The van der Waals surface area contributed by atoms with E-state index >= 15 is 0 Å². The minimum absolute atomic E-state index is 0.0975. The largest absolute Gasteiger partial charge is 0.336 e. The van der Waals surface area contributed by atoms with Crippen LogP contribution in [0.25, 0.3) is 0 Å². The molecule has 1 aliphatic rings. The molecular formula is C14H16Br2ClNO. The van der Waals surface area contributed by atoms with Crippen LogP contribution in [-0.2, 0) is 0 Å². The van der Waals surface area contributed by atoms with Crippen LogP contribution in [0.2, 0.25) is 5.02 Å². The van der Waals surface area contributed by atoms with Gasteiger partial charge in [-0.25, -0.2) is 0 Å². The smallest absolute Gasteiger partial charge is 0.254 e. The van der Waals surface area contributed by atoms with Crippen LogP contribution < -0.4 is 0 Å². The summed E-state index contributed by atoms with van der Waals surface area (Å²) in [5.74, 6) is 0.0975. The molecule has 0 aromatic heterocycles. The quantitative estimate of drug-likeness (QED) is 0.649. The third-order valence-electron chi connectivity index (χ3n) is 3.42. The van der Waals surface area contributed by atoms with E-state index in [1.165, 1.54) is 0 Å². The lowest BCUT2D eigenvalue weighted by Gasteiger charge is -2.24. The molecule has 0 saturated carbocycles. The van der Waals surface area contributed by atoms with E-state index < -0.39 is 0 Å². The first kappa shape index (κ1) is 15.3. The highest BCUT2D eigenvalue weighted by atomic mass is 79.9. The second-order valence-corrected chi connectivity index (χ2v) is 6.93. The van der Waals surface area contributed by atoms with Crippen LogP contribution in [0, 0.1) is 0 Å². The van der Waals surface area contributed by atoms with E-state index in [9.17, 15) is 4.79 Å². The lowest BCUT2D eigenvalue weighted by atomic mass is 10.1. The fraction of sp³-hybridized carbons (Fsp3) is 0.500. The predicted molar refractivity (Wildman–Crippen MR) is 86.2 cm³/mol. The number of halogens is 3. The third-order valence-corrected chi connectivity index (χ3v) is 4.66. The zero-order chi connectivity index (χ0) is 13.8. The van der Waals surface area contributed by atoms with Crippen molar-refractivity contribution in [1.82, 2.24) is 4.90 Å². The molecule has 1 aliphatic heterocycles. The van der Waals surface area contributed by atoms with Crippen molar-refractivity contribution in [2.24, 2.45) is 0 Å². The number of carbonyl (C=O) groups excluding carboxylic acids is 1. The van der Waals surface area contributed by atoms with Gasteiger partial charge >= 0.3 is 0 Å². The maximum absolute atomic E-state index is 12.6. The molecule has 2 nitrogen and oxygen atoms in total. The molecule has 0 N–H and O–H groups in total. The summed E-state index contributed by atoms with van der Waals surface area (Å²) in [7, 11) is 0. The summed E-state index contributed by atoms with van der Waals surface area (Å²) in [6.45, 7) is 0.857. The van der Waals surface area contributed by atoms with Crippen LogP contribution >= 0.6 is 43.5 Å². The minimum atomic E-state index is 0.0975. The number of alkyl halides is 1. The molecule has 0 spiro atoms. The molecule has 2 rings (SSSR count). The summed E-state index contributed by atoms with van der Waals surface area (Å²) in [5.41, 5.74) is 0.671. The lowest BCUT2D eigenvalue weighted by Crippen LogP contribution is -2.35. The molecule has 1 atom stereocenters. The molecule has 0 radical (unpaired) electrons. The molecule has 19 heavy (non-hydrogen) atoms. The first-order valence-corrected chi connectivity index (χ1v) is 8.74. The normalized spacial score (nSPS) is 18.9. The maximum Gasteiger partial charge on any atom is 0.254 e. The lowest BCUT2D eigenvalue weighted by molar-refractivity contribution is 0.0730. The minimum Gasteiger partial charge on any atom is -0.336 e. The van der Waals surface area contributed by atoms with Crippen LogP contribution in [0.4, 0.5) is 0 Å². The van der Waals surface area contributed by atoms with Crippen molar-refractivity contribution < 1.29 is 4.79 Å². The van der Waals surface area contributed by atoms with Gasteiger partial charge in [0.25, 0.3) is 5.91 Å². The summed E-state index contributed by atoms with van der Waals surface area (Å²) >= 11 is 12.8. The maximum atomic E-state index is 12.6. The highest BCUT2D eigenvalue weighted by Gasteiger charge is 2.29. The van der Waals surface area contributed by atoms with Crippen LogP contribution in [-0.4, -0.2) is 28.7 Å². The molecule has 0 bridgehead atoms. The van der Waals surface area contributed by atoms with Gasteiger partial charge in [0.15, 0.2) is 0 Å². The van der Waals surface area contributed by atoms with Gasteiger partial charge in [-0.15, -0.1) is 0 Å². The number of rotatable bonds is 4. The van der Waals surface area contributed by atoms with Gasteiger partial charge < -0.3 is 4.90 Å². The van der Waals surface area contributed by atoms with Gasteiger partial charge in [-0.05, 0) is 43.9 Å². The summed E-state index contributed by atoms with van der Waals surface area (Å²) < 4.78 is 0.847. The predicted octanol–water partition coefficient (Wildman–Crippen LogP) is 4.88. The molecule has 1 fully saturated rings. The molecule has 1 aromatic carbocycles. The van der Waals surface area contributed by atoms with E-state index in [1.807, 2.05) is 11.0 Å². The van der Waals surface area contributed by atoms with E-state index in [0.717, 1.165) is 42.0 Å². The fourth-order valence-electron chi connectivity index (χ4n) is 2.56. The number of amides is 1. The van der Waals surface area contributed by atoms with Crippen molar-refractivity contribution >= 4 is 49.4 Å². The zero-order valence-electron chi connectivity index (χ0n) is 10.5. The molecule has 1 heterocycles. The molecule has 0 aliphatic carbocycles. The van der Waals surface area contributed by atoms with Crippen molar-refractivity contribution in [3.8, 4) is 0 Å². The van der Waals surface area contributed by atoms with E-state index in [4.69, 9.17) is 11.6 Å². The van der Waals surface area contributed by atoms with Crippen LogP contribution in [0.3, 0.4) is 0 Å². The van der Waals surface area contributed by atoms with E-state index in [-0.39, 0.29) is 5.91 Å². The summed E-state index contributed by atoms with van der Waals surface area (Å²) in [6, 6.07) is 5.76. The van der Waals surface area contributed by atoms with E-state index in [2.05, 4.69) is 31.9 Å². The SMILES string of the molecule is O=C(c1cc(Cl)cc(Br)c1)N1CCCC1CCCBr. The Balaban J connectivity index is 2.13. The molecule has 1 amide bonds. The van der Waals surface area contributed by atoms with Gasteiger partial charge in [0.2, 0.25) is 0 Å². The number of hydrogen-bond acceptors (Lipinski definition) is 1. The Hall–Kier alpha value is -0.0600. The van der Waals surface area contributed by atoms with Crippen LogP contribution in [0.1, 0.15) is 36.0 Å². The van der Waals surface area contributed by atoms with Crippen molar-refractivity contribution in [2.75, 3.05) is 11.9 Å². The highest BCUT2D eigenvalue weighted by molar-refractivity contribution is 9.10. The van der Waals surface area contributed by atoms with Gasteiger partial charge in [0.05, 0.1) is 0 Å². The second kappa shape index (κ2) is 7.09. The Bertz CT molecular complexity index is 447. The Labute approximate surface area is 135 Å². The third kappa shape index (κ3) is 3.96. The number of hydrogen-bond donors (Lipinski definition) is 0. The number of benzene rings is 1. The van der Waals surface area contributed by atoms with Gasteiger partial charge in [-0.3, -0.25) is 4.79 Å². The van der Waals surface area contributed by atoms with Gasteiger partial charge in [-0.1, -0.05) is 43.5 Å². The van der Waals surface area contributed by atoms with Crippen molar-refractivity contribution in [1.29, 1.82) is 0 Å². The Morgan fingerprint density at radius 3 is 2.89 bits per heavy atom. The first-order chi connectivity index (χ1) is 9.11. The molecule has 1 saturated heterocycles. The molecule has 5 heteroatoms. The Morgan fingerprint density at radius 1 is 1.42 bits per heavy atom. The van der Waals surface area contributed by atoms with Gasteiger partial charge in [0.1, 0.15) is 0 Å². The highest BCUT2D eigenvalue weighted by Crippen LogP contribution is 2.26. The summed E-state index contributed by atoms with van der Waals surface area (Å²) in [5, 5.41) is 1.59. The first-order valence-electron chi connectivity index (χ1n) is 6.45. The molecule has 1 aromatic rings. The zero-order valence-corrected chi connectivity index (χ0v) is 14.5. The Morgan fingerprint density at radius 2 is 2.21 bits per heavy atom. The molecular weight excluding hydrogens is 393 g/mol. The summed E-state index contributed by atoms with van der Waals surface area (Å²) in [4.78, 5) is 14.6. The topological polar surface area (TPSA) is 20.3 Å². The standard InChI is InChI=1S/C14H16Br2ClNO/c15-5-1-3-13-4-2-6-18(13)14(19)10-7-11(16)9-12(17)8-10/h7-9,13H,1-6H2. The number of likely N-dealkylation sites (tertiary alicyclic amines) is 1. The molecule has 104 valence electrons. The summed E-state index contributed by atoms with van der Waals surface area (Å²) in [6.07, 6.45) is 4.38.